The van der Waals surface area contributed by atoms with E-state index in [0.29, 0.717) is 47.5 Å². The van der Waals surface area contributed by atoms with Gasteiger partial charge in [0.05, 0.1) is 11.6 Å². The Morgan fingerprint density at radius 1 is 1.09 bits per heavy atom. The summed E-state index contributed by atoms with van der Waals surface area (Å²) in [5, 5.41) is 22.4. The lowest BCUT2D eigenvalue weighted by Crippen LogP contribution is -2.55. The Labute approximate surface area is 200 Å². The van der Waals surface area contributed by atoms with Crippen LogP contribution in [0.3, 0.4) is 0 Å². The maximum absolute atomic E-state index is 12.3. The molecule has 2 aromatic carbocycles. The van der Waals surface area contributed by atoms with Crippen molar-refractivity contribution in [1.29, 1.82) is 5.26 Å². The van der Waals surface area contributed by atoms with Crippen LogP contribution in [0.1, 0.15) is 22.3 Å². The molecule has 0 radical (unpaired) electrons. The zero-order valence-corrected chi connectivity index (χ0v) is 19.4. The number of rotatable bonds is 9. The van der Waals surface area contributed by atoms with Gasteiger partial charge in [0, 0.05) is 57.1 Å². The van der Waals surface area contributed by atoms with Crippen molar-refractivity contribution in [2.45, 2.75) is 12.5 Å². The number of ether oxygens (including phenoxy) is 1. The lowest BCUT2D eigenvalue weighted by Gasteiger charge is -2.46. The third kappa shape index (κ3) is 6.70. The van der Waals surface area contributed by atoms with Crippen LogP contribution in [0.2, 0.25) is 0 Å². The Balaban J connectivity index is 1.16. The molecule has 0 aliphatic carbocycles. The van der Waals surface area contributed by atoms with Gasteiger partial charge in [0.2, 0.25) is 0 Å². The molecule has 4 N–H and O–H groups in total. The summed E-state index contributed by atoms with van der Waals surface area (Å²) in [6, 6.07) is 16.0. The molecule has 8 heteroatoms. The van der Waals surface area contributed by atoms with Crippen molar-refractivity contribution in [3.05, 3.63) is 59.7 Å². The fraction of sp³-hybridized carbons (Fsp3) is 0.462. The lowest BCUT2D eigenvalue weighted by atomic mass is 9.84. The van der Waals surface area contributed by atoms with Crippen molar-refractivity contribution in [3.63, 3.8) is 0 Å². The first kappa shape index (κ1) is 24.0. The molecule has 34 heavy (non-hydrogen) atoms. The largest absolute Gasteiger partial charge is 0.491 e. The predicted molar refractivity (Wildman–Crippen MR) is 130 cm³/mol. The second-order valence-electron chi connectivity index (χ2n) is 9.42. The van der Waals surface area contributed by atoms with Crippen LogP contribution in [-0.4, -0.2) is 79.3 Å². The Bertz CT molecular complexity index is 975. The van der Waals surface area contributed by atoms with E-state index < -0.39 is 6.10 Å². The van der Waals surface area contributed by atoms with Gasteiger partial charge in [-0.2, -0.15) is 5.26 Å². The molecule has 0 spiro atoms. The number of nitrogens with one attached hydrogen (secondary N) is 1. The normalized spacial score (nSPS) is 21.4. The second-order valence-corrected chi connectivity index (χ2v) is 9.42. The number of hydrogen-bond acceptors (Lipinski definition) is 7. The van der Waals surface area contributed by atoms with E-state index in [4.69, 9.17) is 15.7 Å². The number of carbonyl (C=O) groups excluding carboxylic acids is 1. The van der Waals surface area contributed by atoms with E-state index in [2.05, 4.69) is 21.2 Å². The number of aliphatic hydroxyl groups is 1. The number of anilines is 1. The number of nitrogen functional groups attached to an aromatic ring is 1. The summed E-state index contributed by atoms with van der Waals surface area (Å²) in [6.07, 6.45) is 0.664. The summed E-state index contributed by atoms with van der Waals surface area (Å²) in [5.41, 5.74) is 7.55. The van der Waals surface area contributed by atoms with Crippen LogP contribution >= 0.6 is 0 Å². The smallest absolute Gasteiger partial charge is 0.251 e. The molecule has 0 saturated carbocycles. The van der Waals surface area contributed by atoms with Crippen molar-refractivity contribution in [2.75, 3.05) is 58.2 Å². The number of nitriles is 1. The molecule has 2 aromatic rings. The molecule has 2 fully saturated rings. The van der Waals surface area contributed by atoms with Gasteiger partial charge in [0.15, 0.2) is 0 Å². The van der Waals surface area contributed by atoms with Gasteiger partial charge in [0.25, 0.3) is 5.91 Å². The van der Waals surface area contributed by atoms with Crippen LogP contribution in [0.15, 0.2) is 48.5 Å². The molecule has 2 aliphatic rings. The van der Waals surface area contributed by atoms with E-state index in [1.807, 2.05) is 0 Å². The fourth-order valence-corrected chi connectivity index (χ4v) is 5.06. The molecule has 0 aromatic heterocycles. The van der Waals surface area contributed by atoms with Gasteiger partial charge in [-0.05, 0) is 66.8 Å². The predicted octanol–water partition coefficient (Wildman–Crippen LogP) is 1.56. The number of β-amino-alcohol motifs (C(OH)–C–C–N with tert-alkyl or cyclic N) is 1. The maximum atomic E-state index is 12.3. The van der Waals surface area contributed by atoms with Crippen LogP contribution in [0.4, 0.5) is 5.69 Å². The summed E-state index contributed by atoms with van der Waals surface area (Å²) in [5.74, 6) is 1.74. The molecular weight excluding hydrogens is 430 g/mol. The van der Waals surface area contributed by atoms with Crippen LogP contribution in [0.5, 0.6) is 5.75 Å². The second kappa shape index (κ2) is 11.3. The van der Waals surface area contributed by atoms with Gasteiger partial charge in [-0.1, -0.05) is 0 Å². The van der Waals surface area contributed by atoms with E-state index in [0.717, 1.165) is 32.7 Å². The highest BCUT2D eigenvalue weighted by Crippen LogP contribution is 2.28. The standard InChI is InChI=1S/C26H33N5O3/c27-12-19-1-7-25(8-2-19)34-18-24(32)17-31-15-20-11-21(16-31)14-30(13-20)10-9-29-26(33)22-3-5-23(28)6-4-22/h1-8,20-21,24,32H,9-11,13-18,28H2,(H,29,33). The van der Waals surface area contributed by atoms with Gasteiger partial charge in [-0.15, -0.1) is 0 Å². The zero-order chi connectivity index (χ0) is 23.9. The van der Waals surface area contributed by atoms with Crippen LogP contribution in [0, 0.1) is 23.2 Å². The van der Waals surface area contributed by atoms with E-state index >= 15 is 0 Å². The van der Waals surface area contributed by atoms with Crippen molar-refractivity contribution in [2.24, 2.45) is 11.8 Å². The molecule has 1 amide bonds. The molecule has 2 saturated heterocycles. The minimum Gasteiger partial charge on any atom is -0.491 e. The Morgan fingerprint density at radius 3 is 2.38 bits per heavy atom. The van der Waals surface area contributed by atoms with Gasteiger partial charge >= 0.3 is 0 Å². The third-order valence-electron chi connectivity index (χ3n) is 6.51. The molecular formula is C26H33N5O3. The average Bonchev–Trinajstić information content (AvgIpc) is 2.83. The molecule has 2 bridgehead atoms. The number of nitrogens with two attached hydrogens (primary N) is 1. The van der Waals surface area contributed by atoms with E-state index in [-0.39, 0.29) is 12.5 Å². The number of aliphatic hydroxyl groups excluding tert-OH is 1. The molecule has 180 valence electrons. The summed E-state index contributed by atoms with van der Waals surface area (Å²) < 4.78 is 5.69. The number of amides is 1. The Morgan fingerprint density at radius 2 is 1.74 bits per heavy atom. The zero-order valence-electron chi connectivity index (χ0n) is 19.4. The molecule has 3 atom stereocenters. The number of fused-ring (bicyclic) bond motifs is 2. The highest BCUT2D eigenvalue weighted by molar-refractivity contribution is 5.94. The number of carbonyl (C=O) groups is 1. The first-order chi connectivity index (χ1) is 16.5. The van der Waals surface area contributed by atoms with Crippen LogP contribution in [-0.2, 0) is 0 Å². The van der Waals surface area contributed by atoms with Crippen molar-refractivity contribution >= 4 is 11.6 Å². The quantitative estimate of drug-likeness (QED) is 0.484. The van der Waals surface area contributed by atoms with Crippen LogP contribution in [0.25, 0.3) is 0 Å². The Kier molecular flexibility index (Phi) is 8.01. The highest BCUT2D eigenvalue weighted by atomic mass is 16.5. The highest BCUT2D eigenvalue weighted by Gasteiger charge is 2.34. The van der Waals surface area contributed by atoms with E-state index in [1.54, 1.807) is 48.5 Å². The molecule has 4 rings (SSSR count). The van der Waals surface area contributed by atoms with Crippen LogP contribution < -0.4 is 15.8 Å². The number of benzene rings is 2. The molecule has 2 heterocycles. The van der Waals surface area contributed by atoms with Crippen molar-refractivity contribution in [3.8, 4) is 11.8 Å². The molecule has 2 aliphatic heterocycles. The monoisotopic (exact) mass is 463 g/mol. The van der Waals surface area contributed by atoms with Crippen molar-refractivity contribution < 1.29 is 14.6 Å². The van der Waals surface area contributed by atoms with E-state index in [9.17, 15) is 9.90 Å². The van der Waals surface area contributed by atoms with Gasteiger partial charge in [0.1, 0.15) is 18.5 Å². The fourth-order valence-electron chi connectivity index (χ4n) is 5.06. The Hall–Kier alpha value is -3.12. The summed E-state index contributed by atoms with van der Waals surface area (Å²) in [4.78, 5) is 17.1. The van der Waals surface area contributed by atoms with Gasteiger partial charge in [-0.25, -0.2) is 0 Å². The third-order valence-corrected chi connectivity index (χ3v) is 6.51. The first-order valence-electron chi connectivity index (χ1n) is 11.9. The summed E-state index contributed by atoms with van der Waals surface area (Å²) in [7, 11) is 0. The molecule has 8 nitrogen and oxygen atoms in total. The van der Waals surface area contributed by atoms with Gasteiger partial charge in [-0.3, -0.25) is 9.69 Å². The SMILES string of the molecule is N#Cc1ccc(OCC(O)CN2CC3CC(CN(CCNC(=O)c4ccc(N)cc4)C3)C2)cc1. The van der Waals surface area contributed by atoms with Gasteiger partial charge < -0.3 is 25.8 Å². The summed E-state index contributed by atoms with van der Waals surface area (Å²) in [6.45, 7) is 6.27. The lowest BCUT2D eigenvalue weighted by molar-refractivity contribution is 0.000534. The number of nitrogens with zero attached hydrogens (tertiary/aromatic N) is 3. The van der Waals surface area contributed by atoms with Crippen molar-refractivity contribution in [1.82, 2.24) is 15.1 Å². The van der Waals surface area contributed by atoms with E-state index in [1.165, 1.54) is 6.42 Å². The minimum atomic E-state index is -0.561. The maximum Gasteiger partial charge on any atom is 0.251 e. The topological polar surface area (TPSA) is 115 Å². The number of likely N-dealkylation sites (tertiary alicyclic amines) is 2. The number of piperidine rings is 2. The number of hydrogen-bond donors (Lipinski definition) is 3. The molecule has 3 unspecified atom stereocenters. The minimum absolute atomic E-state index is 0.0689. The average molecular weight is 464 g/mol. The first-order valence-corrected chi connectivity index (χ1v) is 11.9. The summed E-state index contributed by atoms with van der Waals surface area (Å²) >= 11 is 0.